The molecule has 3 aromatic rings. The quantitative estimate of drug-likeness (QED) is 0.105. The molecule has 1 amide bonds. The van der Waals surface area contributed by atoms with Crippen LogP contribution in [0.15, 0.2) is 84.9 Å². The van der Waals surface area contributed by atoms with Crippen LogP contribution < -0.4 is 4.74 Å². The highest BCUT2D eigenvalue weighted by molar-refractivity contribution is 6.74. The second kappa shape index (κ2) is 14.9. The molecule has 0 aromatic heterocycles. The Hall–Kier alpha value is -4.50. The lowest BCUT2D eigenvalue weighted by atomic mass is 9.81. The van der Waals surface area contributed by atoms with Crippen molar-refractivity contribution in [1.82, 2.24) is 9.80 Å². The van der Waals surface area contributed by atoms with Crippen LogP contribution in [-0.4, -0.2) is 80.8 Å². The van der Waals surface area contributed by atoms with E-state index in [0.29, 0.717) is 30.0 Å². The highest BCUT2D eigenvalue weighted by Gasteiger charge is 2.49. The summed E-state index contributed by atoms with van der Waals surface area (Å²) >= 11 is 0. The molecular formula is C38H45N3O7Si. The molecule has 2 aliphatic rings. The van der Waals surface area contributed by atoms with Crippen LogP contribution in [0.4, 0.5) is 4.79 Å². The third kappa shape index (κ3) is 8.57. The Morgan fingerprint density at radius 1 is 0.816 bits per heavy atom. The zero-order valence-electron chi connectivity index (χ0n) is 29.0. The summed E-state index contributed by atoms with van der Waals surface area (Å²) in [5, 5.41) is 9.20. The zero-order valence-corrected chi connectivity index (χ0v) is 30.0. The molecule has 3 aromatic carbocycles. The van der Waals surface area contributed by atoms with Gasteiger partial charge in [-0.3, -0.25) is 4.90 Å². The predicted octanol–water partition coefficient (Wildman–Crippen LogP) is 6.74. The van der Waals surface area contributed by atoms with Crippen molar-refractivity contribution in [2.75, 3.05) is 26.2 Å². The lowest BCUT2D eigenvalue weighted by Gasteiger charge is -2.52. The maximum atomic E-state index is 13.3. The van der Waals surface area contributed by atoms with Gasteiger partial charge in [-0.25, -0.2) is 14.4 Å². The van der Waals surface area contributed by atoms with Crippen LogP contribution in [0.1, 0.15) is 54.0 Å². The van der Waals surface area contributed by atoms with Gasteiger partial charge in [0.05, 0.1) is 28.8 Å². The Morgan fingerprint density at radius 3 is 1.86 bits per heavy atom. The van der Waals surface area contributed by atoms with Gasteiger partial charge in [0.1, 0.15) is 11.9 Å². The number of hydrogen-bond acceptors (Lipinski definition) is 9. The van der Waals surface area contributed by atoms with Crippen molar-refractivity contribution in [2.45, 2.75) is 64.3 Å². The minimum absolute atomic E-state index is 0.0772. The molecule has 2 heterocycles. The van der Waals surface area contributed by atoms with Crippen molar-refractivity contribution in [3.63, 3.8) is 0 Å². The second-order valence-electron chi connectivity index (χ2n) is 14.4. The number of esters is 2. The highest BCUT2D eigenvalue weighted by Crippen LogP contribution is 2.39. The number of rotatable bonds is 9. The van der Waals surface area contributed by atoms with Crippen LogP contribution in [0.25, 0.3) is 0 Å². The SMILES string of the molecule is CC(C(Oc1ccc(C#N)cc1)O[Si](C)(C)C(C)(C)C)N1CC2CN(C(=O)OC(=O)c3ccccc3)CC(C1)C2OC(=O)c1ccccc1. The Bertz CT molecular complexity index is 1640. The number of nitrogens with zero attached hydrogens (tertiary/aromatic N) is 3. The molecular weight excluding hydrogens is 639 g/mol. The summed E-state index contributed by atoms with van der Waals surface area (Å²) in [6.07, 6.45) is -1.81. The fraction of sp³-hybridized carbons (Fsp3) is 0.421. The van der Waals surface area contributed by atoms with Gasteiger partial charge < -0.3 is 23.5 Å². The van der Waals surface area contributed by atoms with Crippen LogP contribution in [0.5, 0.6) is 5.75 Å². The van der Waals surface area contributed by atoms with E-state index in [1.807, 2.05) is 6.07 Å². The van der Waals surface area contributed by atoms with Crippen LogP contribution >= 0.6 is 0 Å². The van der Waals surface area contributed by atoms with Gasteiger partial charge in [-0.05, 0) is 73.6 Å². The molecule has 5 rings (SSSR count). The summed E-state index contributed by atoms with van der Waals surface area (Å²) in [5.74, 6) is -1.08. The number of amides is 1. The van der Waals surface area contributed by atoms with E-state index in [4.69, 9.17) is 18.6 Å². The van der Waals surface area contributed by atoms with E-state index >= 15 is 0 Å². The first-order valence-corrected chi connectivity index (χ1v) is 19.6. The molecule has 0 saturated carbocycles. The minimum atomic E-state index is -2.31. The van der Waals surface area contributed by atoms with Crippen molar-refractivity contribution in [3.05, 3.63) is 102 Å². The monoisotopic (exact) mass is 683 g/mol. The van der Waals surface area contributed by atoms with Crippen LogP contribution in [0.3, 0.4) is 0 Å². The number of piperidine rings is 2. The van der Waals surface area contributed by atoms with Crippen molar-refractivity contribution in [2.24, 2.45) is 11.8 Å². The van der Waals surface area contributed by atoms with Gasteiger partial charge in [0.25, 0.3) is 0 Å². The summed E-state index contributed by atoms with van der Waals surface area (Å²) in [7, 11) is -2.31. The number of hydrogen-bond donors (Lipinski definition) is 0. The van der Waals surface area contributed by atoms with Crippen LogP contribution in [-0.2, 0) is 13.9 Å². The van der Waals surface area contributed by atoms with Crippen molar-refractivity contribution >= 4 is 26.3 Å². The van der Waals surface area contributed by atoms with Crippen molar-refractivity contribution < 1.29 is 33.0 Å². The molecule has 10 nitrogen and oxygen atoms in total. The van der Waals surface area contributed by atoms with Crippen LogP contribution in [0, 0.1) is 23.2 Å². The van der Waals surface area contributed by atoms with E-state index in [2.05, 4.69) is 51.8 Å². The molecule has 2 bridgehead atoms. The number of carbonyl (C=O) groups is 3. The van der Waals surface area contributed by atoms with Gasteiger partial charge in [-0.15, -0.1) is 0 Å². The average molecular weight is 684 g/mol. The topological polar surface area (TPSA) is 118 Å². The molecule has 4 unspecified atom stereocenters. The fourth-order valence-electron chi connectivity index (χ4n) is 6.05. The molecule has 2 fully saturated rings. The van der Waals surface area contributed by atoms with E-state index in [1.165, 1.54) is 0 Å². The summed E-state index contributed by atoms with van der Waals surface area (Å²) in [6, 6.07) is 26.2. The number of carbonyl (C=O) groups excluding carboxylic acids is 3. The molecule has 2 aliphatic heterocycles. The predicted molar refractivity (Wildman–Crippen MR) is 186 cm³/mol. The number of fused-ring (bicyclic) bond motifs is 2. The van der Waals surface area contributed by atoms with E-state index in [1.54, 1.807) is 83.8 Å². The molecule has 0 radical (unpaired) electrons. The van der Waals surface area contributed by atoms with Gasteiger partial charge in [-0.2, -0.15) is 5.26 Å². The molecule has 258 valence electrons. The van der Waals surface area contributed by atoms with E-state index < -0.39 is 38.7 Å². The maximum absolute atomic E-state index is 13.3. The molecule has 11 heteroatoms. The third-order valence-electron chi connectivity index (χ3n) is 9.90. The molecule has 4 atom stereocenters. The molecule has 0 aliphatic carbocycles. The molecule has 49 heavy (non-hydrogen) atoms. The summed E-state index contributed by atoms with van der Waals surface area (Å²) in [4.78, 5) is 43.1. The van der Waals surface area contributed by atoms with Gasteiger partial charge in [0, 0.05) is 38.0 Å². The van der Waals surface area contributed by atoms with Crippen molar-refractivity contribution in [3.8, 4) is 11.8 Å². The van der Waals surface area contributed by atoms with Gasteiger partial charge in [-0.1, -0.05) is 57.2 Å². The lowest BCUT2D eigenvalue weighted by molar-refractivity contribution is -0.123. The fourth-order valence-corrected chi connectivity index (χ4v) is 7.23. The number of nitriles is 1. The van der Waals surface area contributed by atoms with Crippen molar-refractivity contribution in [1.29, 1.82) is 5.26 Å². The summed E-state index contributed by atoms with van der Waals surface area (Å²) < 4.78 is 24.9. The minimum Gasteiger partial charge on any atom is -0.464 e. The summed E-state index contributed by atoms with van der Waals surface area (Å²) in [6.45, 7) is 14.4. The summed E-state index contributed by atoms with van der Waals surface area (Å²) in [5.41, 5.74) is 1.29. The first-order valence-electron chi connectivity index (χ1n) is 16.7. The van der Waals surface area contributed by atoms with Gasteiger partial charge >= 0.3 is 18.0 Å². The smallest absolute Gasteiger partial charge is 0.417 e. The number of benzene rings is 3. The number of likely N-dealkylation sites (tertiary alicyclic amines) is 2. The van der Waals surface area contributed by atoms with Gasteiger partial charge in [0.2, 0.25) is 6.29 Å². The third-order valence-corrected chi connectivity index (χ3v) is 14.3. The zero-order chi connectivity index (χ0) is 35.3. The Kier molecular flexibility index (Phi) is 10.9. The standard InChI is InChI=1S/C38H45N3O7Si/c1-26(36(48-49(5,6)38(2,3)4)45-32-19-17-27(21-39)18-20-32)40-22-30-24-41(37(44)47-35(43)29-15-11-8-12-16-29)25-31(23-40)33(30)46-34(42)28-13-9-7-10-14-28/h7-20,26,30-31,33,36H,22-25H2,1-6H3. The maximum Gasteiger partial charge on any atom is 0.417 e. The first-order chi connectivity index (χ1) is 23.3. The van der Waals surface area contributed by atoms with Gasteiger partial charge in [0.15, 0.2) is 8.32 Å². The highest BCUT2D eigenvalue weighted by atomic mass is 28.4. The Morgan fingerprint density at radius 2 is 1.35 bits per heavy atom. The Labute approximate surface area is 289 Å². The molecule has 2 saturated heterocycles. The average Bonchev–Trinajstić information content (AvgIpc) is 3.07. The lowest BCUT2D eigenvalue weighted by Crippen LogP contribution is -2.65. The Balaban J connectivity index is 1.38. The molecule has 0 spiro atoms. The van der Waals surface area contributed by atoms with E-state index in [9.17, 15) is 19.6 Å². The largest absolute Gasteiger partial charge is 0.464 e. The second-order valence-corrected chi connectivity index (χ2v) is 19.1. The number of ether oxygens (including phenoxy) is 3. The first kappa shape index (κ1) is 35.8. The molecule has 0 N–H and O–H groups in total. The van der Waals surface area contributed by atoms with E-state index in [-0.39, 0.29) is 41.6 Å². The van der Waals surface area contributed by atoms with E-state index in [0.717, 1.165) is 0 Å². The normalized spacial score (nSPS) is 20.8. The van der Waals surface area contributed by atoms with Crippen LogP contribution in [0.2, 0.25) is 18.1 Å².